The van der Waals surface area contributed by atoms with E-state index in [0.717, 1.165) is 43.9 Å². The van der Waals surface area contributed by atoms with Crippen LogP contribution in [0, 0.1) is 6.92 Å². The molecule has 18 heavy (non-hydrogen) atoms. The van der Waals surface area contributed by atoms with Crippen molar-refractivity contribution in [2.45, 2.75) is 19.9 Å². The molecule has 0 aliphatic rings. The van der Waals surface area contributed by atoms with Gasteiger partial charge in [0.2, 0.25) is 0 Å². The van der Waals surface area contributed by atoms with Gasteiger partial charge >= 0.3 is 0 Å². The first-order chi connectivity index (χ1) is 8.74. The van der Waals surface area contributed by atoms with E-state index in [-0.39, 0.29) is 5.43 Å². The average Bonchev–Trinajstić information content (AvgIpc) is 2.35. The van der Waals surface area contributed by atoms with E-state index in [1.165, 1.54) is 0 Å². The molecule has 0 fully saturated rings. The molecular formula is C13H23N3O2. The molecule has 1 aromatic rings. The van der Waals surface area contributed by atoms with E-state index in [0.29, 0.717) is 6.54 Å². The van der Waals surface area contributed by atoms with Gasteiger partial charge < -0.3 is 20.4 Å². The summed E-state index contributed by atoms with van der Waals surface area (Å²) in [6.07, 6.45) is 2.81. The Morgan fingerprint density at radius 2 is 2.06 bits per heavy atom. The van der Waals surface area contributed by atoms with Crippen LogP contribution in [-0.4, -0.2) is 38.3 Å². The summed E-state index contributed by atoms with van der Waals surface area (Å²) in [5.74, 6) is 0. The normalized spacial score (nSPS) is 10.8. The average molecular weight is 253 g/mol. The Hall–Kier alpha value is -1.17. The highest BCUT2D eigenvalue weighted by molar-refractivity contribution is 5.13. The summed E-state index contributed by atoms with van der Waals surface area (Å²) in [6.45, 7) is 5.98. The number of pyridine rings is 1. The fourth-order valence-electron chi connectivity index (χ4n) is 1.60. The minimum atomic E-state index is 0.0944. The summed E-state index contributed by atoms with van der Waals surface area (Å²) in [7, 11) is 1.70. The lowest BCUT2D eigenvalue weighted by molar-refractivity contribution is 0.199. The minimum Gasteiger partial charge on any atom is -0.383 e. The summed E-state index contributed by atoms with van der Waals surface area (Å²) < 4.78 is 4.93. The minimum absolute atomic E-state index is 0.0944. The van der Waals surface area contributed by atoms with Gasteiger partial charge in [0.1, 0.15) is 0 Å². The van der Waals surface area contributed by atoms with E-state index in [4.69, 9.17) is 4.74 Å². The number of aromatic amines is 1. The summed E-state index contributed by atoms with van der Waals surface area (Å²) in [5, 5.41) is 6.53. The molecule has 0 radical (unpaired) electrons. The molecule has 1 heterocycles. The standard InChI is InChI=1S/C13H23N3O2/c1-11-8-13(17)12(10-16-11)9-15-5-3-4-14-6-7-18-2/h8,10,14-15H,3-7,9H2,1-2H3,(H,16,17). The van der Waals surface area contributed by atoms with Crippen LogP contribution in [-0.2, 0) is 11.3 Å². The lowest BCUT2D eigenvalue weighted by atomic mass is 10.2. The van der Waals surface area contributed by atoms with Gasteiger partial charge in [-0.15, -0.1) is 0 Å². The summed E-state index contributed by atoms with van der Waals surface area (Å²) in [5.41, 5.74) is 1.77. The van der Waals surface area contributed by atoms with Crippen LogP contribution in [0.15, 0.2) is 17.1 Å². The second-order valence-electron chi connectivity index (χ2n) is 4.28. The van der Waals surface area contributed by atoms with Crippen LogP contribution in [0.3, 0.4) is 0 Å². The Labute approximate surface area is 108 Å². The van der Waals surface area contributed by atoms with Gasteiger partial charge in [-0.3, -0.25) is 4.79 Å². The second kappa shape index (κ2) is 8.85. The molecule has 1 rings (SSSR count). The fourth-order valence-corrected chi connectivity index (χ4v) is 1.60. The first-order valence-electron chi connectivity index (χ1n) is 6.32. The molecule has 0 bridgehead atoms. The molecule has 1 aromatic heterocycles. The second-order valence-corrected chi connectivity index (χ2v) is 4.28. The van der Waals surface area contributed by atoms with Crippen molar-refractivity contribution < 1.29 is 4.74 Å². The molecule has 0 aliphatic carbocycles. The quantitative estimate of drug-likeness (QED) is 0.557. The predicted molar refractivity (Wildman–Crippen MR) is 72.9 cm³/mol. The molecule has 0 atom stereocenters. The van der Waals surface area contributed by atoms with Gasteiger partial charge in [-0.05, 0) is 26.4 Å². The van der Waals surface area contributed by atoms with Crippen molar-refractivity contribution in [2.24, 2.45) is 0 Å². The molecule has 5 heteroatoms. The molecule has 3 N–H and O–H groups in total. The third kappa shape index (κ3) is 5.95. The Balaban J connectivity index is 2.09. The number of hydrogen-bond acceptors (Lipinski definition) is 4. The van der Waals surface area contributed by atoms with Crippen LogP contribution in [0.1, 0.15) is 17.7 Å². The maximum absolute atomic E-state index is 11.6. The predicted octanol–water partition coefficient (Wildman–Crippen LogP) is 0.399. The maximum Gasteiger partial charge on any atom is 0.186 e. The SMILES string of the molecule is COCCNCCCNCc1c[nH]c(C)cc1=O. The molecule has 0 saturated heterocycles. The molecule has 0 saturated carbocycles. The first-order valence-corrected chi connectivity index (χ1v) is 6.32. The molecule has 5 nitrogen and oxygen atoms in total. The third-order valence-corrected chi connectivity index (χ3v) is 2.64. The summed E-state index contributed by atoms with van der Waals surface area (Å²) >= 11 is 0. The van der Waals surface area contributed by atoms with E-state index in [1.807, 2.05) is 6.92 Å². The molecule has 0 spiro atoms. The van der Waals surface area contributed by atoms with Gasteiger partial charge in [-0.1, -0.05) is 0 Å². The van der Waals surface area contributed by atoms with Gasteiger partial charge in [0.05, 0.1) is 6.61 Å². The van der Waals surface area contributed by atoms with Gasteiger partial charge in [-0.25, -0.2) is 0 Å². The molecule has 0 amide bonds. The van der Waals surface area contributed by atoms with E-state index in [1.54, 1.807) is 19.4 Å². The van der Waals surface area contributed by atoms with Crippen LogP contribution >= 0.6 is 0 Å². The number of methoxy groups -OCH3 is 1. The molecule has 0 unspecified atom stereocenters. The van der Waals surface area contributed by atoms with Crippen LogP contribution in [0.25, 0.3) is 0 Å². The van der Waals surface area contributed by atoms with Gasteiger partial charge in [0.25, 0.3) is 0 Å². The number of nitrogens with one attached hydrogen (secondary N) is 3. The van der Waals surface area contributed by atoms with Crippen molar-refractivity contribution in [2.75, 3.05) is 33.4 Å². The van der Waals surface area contributed by atoms with Gasteiger partial charge in [0.15, 0.2) is 5.43 Å². The molecule has 0 aromatic carbocycles. The topological polar surface area (TPSA) is 66.2 Å². The third-order valence-electron chi connectivity index (χ3n) is 2.64. The van der Waals surface area contributed by atoms with E-state index >= 15 is 0 Å². The zero-order valence-corrected chi connectivity index (χ0v) is 11.2. The lowest BCUT2D eigenvalue weighted by Crippen LogP contribution is -2.25. The Morgan fingerprint density at radius 3 is 2.78 bits per heavy atom. The van der Waals surface area contributed by atoms with Crippen molar-refractivity contribution in [3.63, 3.8) is 0 Å². The van der Waals surface area contributed by atoms with Crippen molar-refractivity contribution in [3.05, 3.63) is 33.7 Å². The van der Waals surface area contributed by atoms with Crippen molar-refractivity contribution in [1.29, 1.82) is 0 Å². The number of rotatable bonds is 9. The number of ether oxygens (including phenoxy) is 1. The van der Waals surface area contributed by atoms with Crippen molar-refractivity contribution >= 4 is 0 Å². The van der Waals surface area contributed by atoms with Crippen LogP contribution < -0.4 is 16.1 Å². The zero-order chi connectivity index (χ0) is 13.2. The largest absolute Gasteiger partial charge is 0.383 e. The highest BCUT2D eigenvalue weighted by Gasteiger charge is 1.98. The van der Waals surface area contributed by atoms with Crippen LogP contribution in [0.4, 0.5) is 0 Å². The monoisotopic (exact) mass is 253 g/mol. The Bertz CT molecular complexity index is 390. The van der Waals surface area contributed by atoms with Crippen molar-refractivity contribution in [3.8, 4) is 0 Å². The van der Waals surface area contributed by atoms with E-state index < -0.39 is 0 Å². The van der Waals surface area contributed by atoms with E-state index in [2.05, 4.69) is 15.6 Å². The van der Waals surface area contributed by atoms with Crippen LogP contribution in [0.5, 0.6) is 0 Å². The first kappa shape index (κ1) is 14.9. The lowest BCUT2D eigenvalue weighted by Gasteiger charge is -2.06. The highest BCUT2D eigenvalue weighted by atomic mass is 16.5. The maximum atomic E-state index is 11.6. The smallest absolute Gasteiger partial charge is 0.186 e. The molecule has 102 valence electrons. The number of H-pyrrole nitrogens is 1. The summed E-state index contributed by atoms with van der Waals surface area (Å²) in [4.78, 5) is 14.6. The van der Waals surface area contributed by atoms with Gasteiger partial charge in [-0.2, -0.15) is 0 Å². The number of aryl methyl sites for hydroxylation is 1. The van der Waals surface area contributed by atoms with Crippen LogP contribution in [0.2, 0.25) is 0 Å². The number of hydrogen-bond donors (Lipinski definition) is 3. The highest BCUT2D eigenvalue weighted by Crippen LogP contribution is 1.91. The molecule has 0 aliphatic heterocycles. The van der Waals surface area contributed by atoms with E-state index in [9.17, 15) is 4.79 Å². The molecular weight excluding hydrogens is 230 g/mol. The zero-order valence-electron chi connectivity index (χ0n) is 11.2. The Kier molecular flexibility index (Phi) is 7.32. The van der Waals surface area contributed by atoms with Gasteiger partial charge in [0, 0.05) is 43.7 Å². The Morgan fingerprint density at radius 1 is 1.28 bits per heavy atom. The fraction of sp³-hybridized carbons (Fsp3) is 0.615. The summed E-state index contributed by atoms with van der Waals surface area (Å²) in [6, 6.07) is 1.63. The van der Waals surface area contributed by atoms with Crippen molar-refractivity contribution in [1.82, 2.24) is 15.6 Å². The number of aromatic nitrogens is 1.